The number of piperazine rings is 1. The number of benzene rings is 2. The number of nitrogens with one attached hydrogen (secondary N) is 2. The first kappa shape index (κ1) is 25.6. The maximum atomic E-state index is 13.3. The van der Waals surface area contributed by atoms with Crippen molar-refractivity contribution < 1.29 is 13.2 Å². The molecule has 4 rings (SSSR count). The Hall–Kier alpha value is -2.46. The van der Waals surface area contributed by atoms with E-state index in [1.165, 1.54) is 18.2 Å². The molecule has 8 nitrogen and oxygen atoms in total. The van der Waals surface area contributed by atoms with Gasteiger partial charge in [0.1, 0.15) is 0 Å². The van der Waals surface area contributed by atoms with E-state index >= 15 is 0 Å². The smallest absolute Gasteiger partial charge is 0.240 e. The molecule has 9 heteroatoms. The number of carbonyl (C=O) groups excluding carboxylic acids is 1. The molecule has 2 aliphatic heterocycles. The van der Waals surface area contributed by atoms with Crippen LogP contribution < -0.4 is 14.9 Å². The third kappa shape index (κ3) is 6.03. The predicted octanol–water partition coefficient (Wildman–Crippen LogP) is 2.60. The first-order chi connectivity index (χ1) is 16.6. The van der Waals surface area contributed by atoms with E-state index < -0.39 is 10.0 Å². The largest absolute Gasteiger partial charge is 0.374 e. The second-order valence-corrected chi connectivity index (χ2v) is 11.5. The Morgan fingerprint density at radius 1 is 1.03 bits per heavy atom. The van der Waals surface area contributed by atoms with Crippen molar-refractivity contribution in [3.8, 4) is 0 Å². The number of anilines is 2. The quantitative estimate of drug-likeness (QED) is 0.609. The third-order valence-corrected chi connectivity index (χ3v) is 8.65. The molecule has 0 spiro atoms. The van der Waals surface area contributed by atoms with Gasteiger partial charge in [-0.05, 0) is 67.8 Å². The molecule has 0 saturated carbocycles. The highest BCUT2D eigenvalue weighted by atomic mass is 32.2. The van der Waals surface area contributed by atoms with Gasteiger partial charge in [0.2, 0.25) is 15.9 Å². The summed E-state index contributed by atoms with van der Waals surface area (Å²) in [6.07, 6.45) is 2.18. The molecule has 0 unspecified atom stereocenters. The molecule has 2 N–H and O–H groups in total. The molecule has 0 aromatic heterocycles. The number of hydrogen-bond donors (Lipinski definition) is 2. The summed E-state index contributed by atoms with van der Waals surface area (Å²) in [5.41, 5.74) is 4.94. The fourth-order valence-corrected chi connectivity index (χ4v) is 6.36. The van der Waals surface area contributed by atoms with Gasteiger partial charge in [0, 0.05) is 70.7 Å². The molecule has 0 aliphatic carbocycles. The topological polar surface area (TPSA) is 85.0 Å². The number of nitrogens with zero attached hydrogens (tertiary/aromatic N) is 3. The molecule has 2 aromatic rings. The van der Waals surface area contributed by atoms with Gasteiger partial charge in [0.15, 0.2) is 0 Å². The third-order valence-electron chi connectivity index (χ3n) is 7.07. The Kier molecular flexibility index (Phi) is 7.80. The van der Waals surface area contributed by atoms with Gasteiger partial charge in [-0.15, -0.1) is 0 Å². The van der Waals surface area contributed by atoms with Crippen LogP contribution in [0, 0.1) is 6.92 Å². The number of fused-ring (bicyclic) bond motifs is 1. The summed E-state index contributed by atoms with van der Waals surface area (Å²) < 4.78 is 29.5. The number of hydrogen-bond acceptors (Lipinski definition) is 6. The lowest BCUT2D eigenvalue weighted by Gasteiger charge is -2.39. The summed E-state index contributed by atoms with van der Waals surface area (Å²) in [6.45, 7) is 8.24. The van der Waals surface area contributed by atoms with Crippen LogP contribution in [0.1, 0.15) is 36.1 Å². The maximum Gasteiger partial charge on any atom is 0.240 e. The molecular formula is C26H37N5O3S. The molecule has 1 fully saturated rings. The van der Waals surface area contributed by atoms with E-state index in [4.69, 9.17) is 0 Å². The molecule has 1 saturated heterocycles. The van der Waals surface area contributed by atoms with Crippen LogP contribution in [-0.2, 0) is 21.2 Å². The van der Waals surface area contributed by atoms with E-state index in [0.717, 1.165) is 51.1 Å². The van der Waals surface area contributed by atoms with Crippen molar-refractivity contribution in [2.75, 3.05) is 63.6 Å². The van der Waals surface area contributed by atoms with Gasteiger partial charge < -0.3 is 15.1 Å². The summed E-state index contributed by atoms with van der Waals surface area (Å²) in [7, 11) is 0.528. The Morgan fingerprint density at radius 2 is 1.77 bits per heavy atom. The highest BCUT2D eigenvalue weighted by molar-refractivity contribution is 7.89. The lowest BCUT2D eigenvalue weighted by atomic mass is 9.95. The Bertz CT molecular complexity index is 1180. The summed E-state index contributed by atoms with van der Waals surface area (Å²) in [5, 5.41) is 2.70. The molecule has 2 heterocycles. The lowest BCUT2D eigenvalue weighted by Crippen LogP contribution is -2.48. The number of aryl methyl sites for hydroxylation is 2. The van der Waals surface area contributed by atoms with Crippen LogP contribution in [0.25, 0.3) is 0 Å². The van der Waals surface area contributed by atoms with E-state index in [-0.39, 0.29) is 16.8 Å². The second kappa shape index (κ2) is 10.7. The number of sulfonamides is 1. The van der Waals surface area contributed by atoms with Crippen molar-refractivity contribution in [2.24, 2.45) is 0 Å². The van der Waals surface area contributed by atoms with Gasteiger partial charge >= 0.3 is 0 Å². The molecule has 2 aliphatic rings. The number of amides is 1. The van der Waals surface area contributed by atoms with Crippen LogP contribution in [-0.4, -0.2) is 77.5 Å². The standard InChI is InChI=1S/C26H37N5O3S/c1-19-16-23(28-20(2)32)8-10-26(19)35(33,34)27-18-25(31-14-12-29(3)13-15-31)22-7-9-24-21(17-22)6-5-11-30(24)4/h7-10,16-17,25,27H,5-6,11-15,18H2,1-4H3,(H,28,32)/t25-/m0/s1. The van der Waals surface area contributed by atoms with Crippen LogP contribution in [0.4, 0.5) is 11.4 Å². The lowest BCUT2D eigenvalue weighted by molar-refractivity contribution is -0.114. The fourth-order valence-electron chi connectivity index (χ4n) is 5.10. The zero-order valence-electron chi connectivity index (χ0n) is 21.2. The summed E-state index contributed by atoms with van der Waals surface area (Å²) >= 11 is 0. The van der Waals surface area contributed by atoms with Gasteiger partial charge in [0.25, 0.3) is 0 Å². The molecule has 1 atom stereocenters. The van der Waals surface area contributed by atoms with E-state index in [9.17, 15) is 13.2 Å². The fraction of sp³-hybridized carbons (Fsp3) is 0.500. The van der Waals surface area contributed by atoms with E-state index in [2.05, 4.69) is 57.0 Å². The SMILES string of the molecule is CC(=O)Nc1ccc(S(=O)(=O)NC[C@@H](c2ccc3c(c2)CCCN3C)N2CCN(C)CC2)c(C)c1. The number of likely N-dealkylation sites (N-methyl/N-ethyl adjacent to an activating group) is 1. The van der Waals surface area contributed by atoms with Gasteiger partial charge in [-0.2, -0.15) is 0 Å². The van der Waals surface area contributed by atoms with Crippen LogP contribution in [0.3, 0.4) is 0 Å². The van der Waals surface area contributed by atoms with Crippen molar-refractivity contribution in [2.45, 2.75) is 37.6 Å². The maximum absolute atomic E-state index is 13.3. The first-order valence-electron chi connectivity index (χ1n) is 12.3. The van der Waals surface area contributed by atoms with Crippen LogP contribution >= 0.6 is 0 Å². The van der Waals surface area contributed by atoms with Crippen molar-refractivity contribution in [3.63, 3.8) is 0 Å². The molecular weight excluding hydrogens is 462 g/mol. The second-order valence-electron chi connectivity index (χ2n) is 9.78. The van der Waals surface area contributed by atoms with Crippen molar-refractivity contribution in [1.82, 2.24) is 14.5 Å². The van der Waals surface area contributed by atoms with Crippen LogP contribution in [0.15, 0.2) is 41.3 Å². The number of carbonyl (C=O) groups is 1. The van der Waals surface area contributed by atoms with Crippen molar-refractivity contribution >= 4 is 27.3 Å². The zero-order valence-corrected chi connectivity index (χ0v) is 22.0. The first-order valence-corrected chi connectivity index (χ1v) is 13.8. The van der Waals surface area contributed by atoms with Gasteiger partial charge in [-0.3, -0.25) is 9.69 Å². The summed E-state index contributed by atoms with van der Waals surface area (Å²) in [6, 6.07) is 11.4. The van der Waals surface area contributed by atoms with Crippen LogP contribution in [0.2, 0.25) is 0 Å². The minimum atomic E-state index is -3.72. The average molecular weight is 500 g/mol. The molecule has 190 valence electrons. The van der Waals surface area contributed by atoms with Crippen molar-refractivity contribution in [3.05, 3.63) is 53.1 Å². The minimum absolute atomic E-state index is 0.0463. The minimum Gasteiger partial charge on any atom is -0.374 e. The van der Waals surface area contributed by atoms with E-state index in [1.54, 1.807) is 25.1 Å². The average Bonchev–Trinajstić information content (AvgIpc) is 2.80. The highest BCUT2D eigenvalue weighted by Crippen LogP contribution is 2.31. The summed E-state index contributed by atoms with van der Waals surface area (Å²) in [5.74, 6) is -0.190. The predicted molar refractivity (Wildman–Crippen MR) is 141 cm³/mol. The van der Waals surface area contributed by atoms with Gasteiger partial charge in [0.05, 0.1) is 4.90 Å². The molecule has 0 bridgehead atoms. The Labute approximate surface area is 209 Å². The van der Waals surface area contributed by atoms with E-state index in [1.807, 2.05) is 0 Å². The van der Waals surface area contributed by atoms with Crippen LogP contribution in [0.5, 0.6) is 0 Å². The Morgan fingerprint density at radius 3 is 2.46 bits per heavy atom. The van der Waals surface area contributed by atoms with E-state index in [0.29, 0.717) is 17.8 Å². The monoisotopic (exact) mass is 499 g/mol. The normalized spacial score (nSPS) is 18.2. The molecule has 2 aromatic carbocycles. The number of rotatable bonds is 7. The molecule has 1 amide bonds. The zero-order chi connectivity index (χ0) is 25.2. The molecule has 0 radical (unpaired) electrons. The van der Waals surface area contributed by atoms with Gasteiger partial charge in [-0.25, -0.2) is 13.1 Å². The Balaban J connectivity index is 1.57. The summed E-state index contributed by atoms with van der Waals surface area (Å²) in [4.78, 5) is 18.6. The molecule has 35 heavy (non-hydrogen) atoms. The van der Waals surface area contributed by atoms with Gasteiger partial charge in [-0.1, -0.05) is 12.1 Å². The van der Waals surface area contributed by atoms with Crippen molar-refractivity contribution in [1.29, 1.82) is 0 Å². The highest BCUT2D eigenvalue weighted by Gasteiger charge is 2.28.